The highest BCUT2D eigenvalue weighted by atomic mass is 19.1. The molecule has 1 aromatic heterocycles. The largest absolute Gasteiger partial charge is 0.477 e. The van der Waals surface area contributed by atoms with Crippen LogP contribution in [0.1, 0.15) is 10.4 Å². The molecule has 1 heterocycles. The van der Waals surface area contributed by atoms with E-state index in [0.717, 1.165) is 6.07 Å². The summed E-state index contributed by atoms with van der Waals surface area (Å²) in [6.45, 7) is 0. The van der Waals surface area contributed by atoms with E-state index in [9.17, 15) is 14.0 Å². The third-order valence-electron chi connectivity index (χ3n) is 2.17. The Morgan fingerprint density at radius 1 is 1.39 bits per heavy atom. The Morgan fingerprint density at radius 3 is 2.78 bits per heavy atom. The van der Waals surface area contributed by atoms with Crippen molar-refractivity contribution in [3.63, 3.8) is 0 Å². The number of hydrogen-bond acceptors (Lipinski definition) is 4. The second-order valence-corrected chi connectivity index (χ2v) is 3.41. The minimum atomic E-state index is -1.38. The van der Waals surface area contributed by atoms with Gasteiger partial charge in [0.2, 0.25) is 0 Å². The number of halogens is 1. The lowest BCUT2D eigenvalue weighted by molar-refractivity contribution is 0.0694. The number of nitrogens with one attached hydrogen (secondary N) is 2. The van der Waals surface area contributed by atoms with E-state index in [1.165, 1.54) is 18.2 Å². The SMILES string of the molecule is O=C(O)c1cc(Nc2ccccc2F)n[nH]c1=O. The highest BCUT2D eigenvalue weighted by Gasteiger charge is 2.11. The smallest absolute Gasteiger partial charge is 0.341 e. The number of H-pyrrole nitrogens is 1. The quantitative estimate of drug-likeness (QED) is 0.763. The second kappa shape index (κ2) is 4.66. The molecular formula is C11H8FN3O3. The molecule has 0 saturated heterocycles. The number of anilines is 2. The first kappa shape index (κ1) is 11.8. The van der Waals surface area contributed by atoms with Crippen LogP contribution in [0.3, 0.4) is 0 Å². The molecule has 0 unspecified atom stereocenters. The van der Waals surface area contributed by atoms with E-state index < -0.39 is 22.9 Å². The van der Waals surface area contributed by atoms with Crippen molar-refractivity contribution in [1.29, 1.82) is 0 Å². The number of benzene rings is 1. The molecular weight excluding hydrogens is 241 g/mol. The molecule has 0 radical (unpaired) electrons. The van der Waals surface area contributed by atoms with Gasteiger partial charge in [-0.15, -0.1) is 0 Å². The number of hydrogen-bond donors (Lipinski definition) is 3. The maximum Gasteiger partial charge on any atom is 0.341 e. The Hall–Kier alpha value is -2.70. The van der Waals surface area contributed by atoms with Crippen molar-refractivity contribution >= 4 is 17.5 Å². The van der Waals surface area contributed by atoms with Crippen LogP contribution in [0.5, 0.6) is 0 Å². The first-order chi connectivity index (χ1) is 8.58. The zero-order chi connectivity index (χ0) is 13.1. The average Bonchev–Trinajstić information content (AvgIpc) is 2.34. The maximum atomic E-state index is 13.3. The van der Waals surface area contributed by atoms with Gasteiger partial charge in [-0.25, -0.2) is 14.3 Å². The van der Waals surface area contributed by atoms with Gasteiger partial charge in [-0.1, -0.05) is 12.1 Å². The van der Waals surface area contributed by atoms with Crippen molar-refractivity contribution in [2.24, 2.45) is 0 Å². The molecule has 92 valence electrons. The molecule has 6 nitrogen and oxygen atoms in total. The fourth-order valence-electron chi connectivity index (χ4n) is 1.33. The summed E-state index contributed by atoms with van der Waals surface area (Å²) < 4.78 is 13.3. The minimum absolute atomic E-state index is 0.0390. The monoisotopic (exact) mass is 249 g/mol. The summed E-state index contributed by atoms with van der Waals surface area (Å²) in [5, 5.41) is 16.9. The summed E-state index contributed by atoms with van der Waals surface area (Å²) in [6, 6.07) is 6.86. The molecule has 3 N–H and O–H groups in total. The van der Waals surface area contributed by atoms with Crippen molar-refractivity contribution in [3.05, 3.63) is 52.1 Å². The molecule has 0 aliphatic carbocycles. The first-order valence-corrected chi connectivity index (χ1v) is 4.92. The molecule has 0 aliphatic rings. The summed E-state index contributed by atoms with van der Waals surface area (Å²) in [6.07, 6.45) is 0. The number of aromatic nitrogens is 2. The third-order valence-corrected chi connectivity index (χ3v) is 2.17. The van der Waals surface area contributed by atoms with Crippen LogP contribution in [-0.2, 0) is 0 Å². The molecule has 1 aromatic carbocycles. The van der Waals surface area contributed by atoms with Crippen LogP contribution in [0.25, 0.3) is 0 Å². The number of carbonyl (C=O) groups is 1. The molecule has 0 fully saturated rings. The van der Waals surface area contributed by atoms with Gasteiger partial charge in [0, 0.05) is 6.07 Å². The molecule has 0 spiro atoms. The summed E-state index contributed by atoms with van der Waals surface area (Å²) in [5.41, 5.74) is -1.15. The summed E-state index contributed by atoms with van der Waals surface area (Å²) in [7, 11) is 0. The summed E-state index contributed by atoms with van der Waals surface area (Å²) >= 11 is 0. The van der Waals surface area contributed by atoms with Crippen molar-refractivity contribution in [1.82, 2.24) is 10.2 Å². The molecule has 0 saturated carbocycles. The average molecular weight is 249 g/mol. The Morgan fingerprint density at radius 2 is 2.11 bits per heavy atom. The van der Waals surface area contributed by atoms with E-state index in [1.54, 1.807) is 6.07 Å². The third kappa shape index (κ3) is 2.34. The maximum absolute atomic E-state index is 13.3. The molecule has 7 heteroatoms. The fourth-order valence-corrected chi connectivity index (χ4v) is 1.33. The molecule has 2 rings (SSSR count). The highest BCUT2D eigenvalue weighted by Crippen LogP contribution is 2.17. The number of rotatable bonds is 3. The van der Waals surface area contributed by atoms with Crippen LogP contribution in [0.2, 0.25) is 0 Å². The summed E-state index contributed by atoms with van der Waals surface area (Å²) in [5.74, 6) is -1.85. The Labute approximate surface area is 100 Å². The lowest BCUT2D eigenvalue weighted by atomic mass is 10.3. The van der Waals surface area contributed by atoms with Gasteiger partial charge in [0.05, 0.1) is 5.69 Å². The van der Waals surface area contributed by atoms with E-state index in [2.05, 4.69) is 10.4 Å². The molecule has 0 atom stereocenters. The normalized spacial score (nSPS) is 10.1. The van der Waals surface area contributed by atoms with Crippen LogP contribution in [0.15, 0.2) is 35.1 Å². The van der Waals surface area contributed by atoms with Crippen LogP contribution in [-0.4, -0.2) is 21.3 Å². The Bertz CT molecular complexity index is 654. The number of aromatic carboxylic acids is 1. The van der Waals surface area contributed by atoms with Gasteiger partial charge >= 0.3 is 5.97 Å². The first-order valence-electron chi connectivity index (χ1n) is 4.92. The standard InChI is InChI=1S/C11H8FN3O3/c12-7-3-1-2-4-8(7)13-9-5-6(11(17)18)10(16)15-14-9/h1-5H,(H,13,14)(H,15,16)(H,17,18). The fraction of sp³-hybridized carbons (Fsp3) is 0. The molecule has 0 aliphatic heterocycles. The zero-order valence-corrected chi connectivity index (χ0v) is 8.98. The van der Waals surface area contributed by atoms with Gasteiger partial charge in [-0.2, -0.15) is 5.10 Å². The number of nitrogens with zero attached hydrogens (tertiary/aromatic N) is 1. The van der Waals surface area contributed by atoms with Gasteiger partial charge in [0.15, 0.2) is 5.82 Å². The summed E-state index contributed by atoms with van der Waals surface area (Å²) in [4.78, 5) is 21.9. The van der Waals surface area contributed by atoms with Gasteiger partial charge < -0.3 is 10.4 Å². The van der Waals surface area contributed by atoms with Crippen molar-refractivity contribution in [3.8, 4) is 0 Å². The van der Waals surface area contributed by atoms with Crippen molar-refractivity contribution in [2.75, 3.05) is 5.32 Å². The lowest BCUT2D eigenvalue weighted by Crippen LogP contribution is -2.19. The number of carboxylic acid groups (broad SMARTS) is 1. The van der Waals surface area contributed by atoms with Gasteiger partial charge in [-0.3, -0.25) is 4.79 Å². The van der Waals surface area contributed by atoms with E-state index >= 15 is 0 Å². The Kier molecular flexibility index (Phi) is 3.05. The van der Waals surface area contributed by atoms with Crippen molar-refractivity contribution < 1.29 is 14.3 Å². The number of para-hydroxylation sites is 1. The zero-order valence-electron chi connectivity index (χ0n) is 8.98. The highest BCUT2D eigenvalue weighted by molar-refractivity contribution is 5.88. The Balaban J connectivity index is 2.36. The van der Waals surface area contributed by atoms with E-state index in [4.69, 9.17) is 5.11 Å². The number of aromatic amines is 1. The second-order valence-electron chi connectivity index (χ2n) is 3.41. The van der Waals surface area contributed by atoms with Crippen molar-refractivity contribution in [2.45, 2.75) is 0 Å². The van der Waals surface area contributed by atoms with E-state index in [0.29, 0.717) is 0 Å². The molecule has 2 aromatic rings. The van der Waals surface area contributed by atoms with Crippen LogP contribution in [0.4, 0.5) is 15.9 Å². The molecule has 18 heavy (non-hydrogen) atoms. The predicted octanol–water partition coefficient (Wildman–Crippen LogP) is 1.35. The van der Waals surface area contributed by atoms with Gasteiger partial charge in [-0.05, 0) is 12.1 Å². The van der Waals surface area contributed by atoms with Crippen LogP contribution < -0.4 is 10.9 Å². The lowest BCUT2D eigenvalue weighted by Gasteiger charge is -2.06. The van der Waals surface area contributed by atoms with Crippen LogP contribution >= 0.6 is 0 Å². The van der Waals surface area contributed by atoms with E-state index in [-0.39, 0.29) is 11.5 Å². The molecule has 0 bridgehead atoms. The number of carboxylic acids is 1. The van der Waals surface area contributed by atoms with Gasteiger partial charge in [0.1, 0.15) is 11.4 Å². The molecule has 0 amide bonds. The minimum Gasteiger partial charge on any atom is -0.477 e. The van der Waals surface area contributed by atoms with Gasteiger partial charge in [0.25, 0.3) is 5.56 Å². The topological polar surface area (TPSA) is 95.1 Å². The van der Waals surface area contributed by atoms with Crippen LogP contribution in [0, 0.1) is 5.82 Å². The predicted molar refractivity (Wildman–Crippen MR) is 61.5 cm³/mol. The van der Waals surface area contributed by atoms with E-state index in [1.807, 2.05) is 5.10 Å².